The summed E-state index contributed by atoms with van der Waals surface area (Å²) < 4.78 is 6.17. The fourth-order valence-electron chi connectivity index (χ4n) is 2.90. The second-order valence-corrected chi connectivity index (χ2v) is 5.21. The summed E-state index contributed by atoms with van der Waals surface area (Å²) in [5.41, 5.74) is 7.15. The lowest BCUT2D eigenvalue weighted by molar-refractivity contribution is 0.164. The van der Waals surface area contributed by atoms with Crippen molar-refractivity contribution in [3.8, 4) is 11.8 Å². The van der Waals surface area contributed by atoms with Gasteiger partial charge < -0.3 is 10.5 Å². The standard InChI is InChI=1S/C16H17N3O/c17-8-11-4-3-7-15(11)20-16-12(9-18)10-19-14-6-2-1-5-13(14)16/h1-2,5-6,10-11,15H,3-4,7-8,17H2. The summed E-state index contributed by atoms with van der Waals surface area (Å²) in [7, 11) is 0. The van der Waals surface area contributed by atoms with Crippen LogP contribution in [0.3, 0.4) is 0 Å². The Bertz CT molecular complexity index is 662. The number of nitrogens with two attached hydrogens (primary N) is 1. The molecule has 4 nitrogen and oxygen atoms in total. The van der Waals surface area contributed by atoms with Gasteiger partial charge in [-0.25, -0.2) is 0 Å². The molecule has 0 aliphatic heterocycles. The van der Waals surface area contributed by atoms with Gasteiger partial charge in [0.2, 0.25) is 0 Å². The molecule has 2 aromatic rings. The van der Waals surface area contributed by atoms with Crippen LogP contribution in [0.1, 0.15) is 24.8 Å². The highest BCUT2D eigenvalue weighted by Crippen LogP contribution is 2.34. The van der Waals surface area contributed by atoms with E-state index in [-0.39, 0.29) is 6.10 Å². The highest BCUT2D eigenvalue weighted by molar-refractivity contribution is 5.87. The molecule has 1 aromatic carbocycles. The molecule has 2 unspecified atom stereocenters. The molecule has 4 heteroatoms. The fourth-order valence-corrected chi connectivity index (χ4v) is 2.90. The predicted octanol–water partition coefficient (Wildman–Crippen LogP) is 2.61. The van der Waals surface area contributed by atoms with Crippen molar-refractivity contribution in [3.05, 3.63) is 36.0 Å². The van der Waals surface area contributed by atoms with Crippen molar-refractivity contribution in [2.45, 2.75) is 25.4 Å². The number of para-hydroxylation sites is 1. The maximum atomic E-state index is 9.28. The summed E-state index contributed by atoms with van der Waals surface area (Å²) in [4.78, 5) is 4.30. The summed E-state index contributed by atoms with van der Waals surface area (Å²) >= 11 is 0. The molecule has 1 aromatic heterocycles. The lowest BCUT2D eigenvalue weighted by atomic mass is 10.1. The molecular formula is C16H17N3O. The first-order valence-electron chi connectivity index (χ1n) is 6.98. The number of aromatic nitrogens is 1. The first-order valence-corrected chi connectivity index (χ1v) is 6.98. The first-order chi connectivity index (χ1) is 9.83. The van der Waals surface area contributed by atoms with Crippen LogP contribution in [-0.4, -0.2) is 17.6 Å². The van der Waals surface area contributed by atoms with Crippen LogP contribution in [0.5, 0.6) is 5.75 Å². The lowest BCUT2D eigenvalue weighted by Gasteiger charge is -2.21. The van der Waals surface area contributed by atoms with E-state index in [9.17, 15) is 5.26 Å². The molecule has 2 atom stereocenters. The Morgan fingerprint density at radius 2 is 2.20 bits per heavy atom. The SMILES string of the molecule is N#Cc1cnc2ccccc2c1OC1CCCC1CN. The number of nitrogens with zero attached hydrogens (tertiary/aromatic N) is 2. The maximum Gasteiger partial charge on any atom is 0.148 e. The van der Waals surface area contributed by atoms with Gasteiger partial charge in [-0.2, -0.15) is 5.26 Å². The second kappa shape index (κ2) is 5.48. The van der Waals surface area contributed by atoms with Crippen LogP contribution in [0.25, 0.3) is 10.9 Å². The minimum Gasteiger partial charge on any atom is -0.488 e. The summed E-state index contributed by atoms with van der Waals surface area (Å²) in [6.07, 6.45) is 4.94. The monoisotopic (exact) mass is 267 g/mol. The maximum absolute atomic E-state index is 9.28. The molecule has 0 amide bonds. The van der Waals surface area contributed by atoms with Crippen molar-refractivity contribution in [1.29, 1.82) is 5.26 Å². The van der Waals surface area contributed by atoms with Gasteiger partial charge >= 0.3 is 0 Å². The van der Waals surface area contributed by atoms with Crippen LogP contribution >= 0.6 is 0 Å². The highest BCUT2D eigenvalue weighted by Gasteiger charge is 2.29. The fraction of sp³-hybridized carbons (Fsp3) is 0.375. The predicted molar refractivity (Wildman–Crippen MR) is 77.3 cm³/mol. The summed E-state index contributed by atoms with van der Waals surface area (Å²) in [5, 5.41) is 10.2. The molecule has 1 saturated carbocycles. The number of ether oxygens (including phenoxy) is 1. The zero-order chi connectivity index (χ0) is 13.9. The average molecular weight is 267 g/mol. The Labute approximate surface area is 118 Å². The number of rotatable bonds is 3. The Morgan fingerprint density at radius 1 is 1.35 bits per heavy atom. The molecule has 0 bridgehead atoms. The van der Waals surface area contributed by atoms with E-state index in [4.69, 9.17) is 10.5 Å². The minimum absolute atomic E-state index is 0.109. The first kappa shape index (κ1) is 12.9. The van der Waals surface area contributed by atoms with Gasteiger partial charge in [-0.05, 0) is 37.9 Å². The van der Waals surface area contributed by atoms with E-state index in [1.807, 2.05) is 24.3 Å². The van der Waals surface area contributed by atoms with Gasteiger partial charge in [-0.3, -0.25) is 4.98 Å². The van der Waals surface area contributed by atoms with Gasteiger partial charge in [0.05, 0.1) is 5.52 Å². The van der Waals surface area contributed by atoms with Crippen LogP contribution in [0.15, 0.2) is 30.5 Å². The van der Waals surface area contributed by atoms with Gasteiger partial charge in [0.1, 0.15) is 23.5 Å². The molecule has 1 fully saturated rings. The third kappa shape index (κ3) is 2.21. The third-order valence-electron chi connectivity index (χ3n) is 4.01. The molecule has 1 heterocycles. The molecule has 0 spiro atoms. The van der Waals surface area contributed by atoms with Crippen LogP contribution in [0, 0.1) is 17.2 Å². The quantitative estimate of drug-likeness (QED) is 0.927. The van der Waals surface area contributed by atoms with Crippen LogP contribution in [0.4, 0.5) is 0 Å². The zero-order valence-corrected chi connectivity index (χ0v) is 11.2. The van der Waals surface area contributed by atoms with Gasteiger partial charge in [-0.15, -0.1) is 0 Å². The molecule has 20 heavy (non-hydrogen) atoms. The van der Waals surface area contributed by atoms with Crippen LogP contribution in [-0.2, 0) is 0 Å². The number of nitriles is 1. The highest BCUT2D eigenvalue weighted by atomic mass is 16.5. The summed E-state index contributed by atoms with van der Waals surface area (Å²) in [6, 6.07) is 9.93. The van der Waals surface area contributed by atoms with Crippen molar-refractivity contribution < 1.29 is 4.74 Å². The van der Waals surface area contributed by atoms with E-state index in [2.05, 4.69) is 11.1 Å². The molecule has 2 N–H and O–H groups in total. The minimum atomic E-state index is 0.109. The molecule has 102 valence electrons. The normalized spacial score (nSPS) is 21.8. The summed E-state index contributed by atoms with van der Waals surface area (Å²) in [6.45, 7) is 0.634. The number of hydrogen-bond donors (Lipinski definition) is 1. The Balaban J connectivity index is 2.03. The number of benzene rings is 1. The van der Waals surface area contributed by atoms with E-state index >= 15 is 0 Å². The second-order valence-electron chi connectivity index (χ2n) is 5.21. The largest absolute Gasteiger partial charge is 0.488 e. The van der Waals surface area contributed by atoms with E-state index in [1.165, 1.54) is 0 Å². The van der Waals surface area contributed by atoms with Crippen molar-refractivity contribution in [3.63, 3.8) is 0 Å². The smallest absolute Gasteiger partial charge is 0.148 e. The van der Waals surface area contributed by atoms with E-state index in [0.717, 1.165) is 30.2 Å². The van der Waals surface area contributed by atoms with Crippen LogP contribution in [0.2, 0.25) is 0 Å². The molecular weight excluding hydrogens is 250 g/mol. The zero-order valence-electron chi connectivity index (χ0n) is 11.2. The van der Waals surface area contributed by atoms with Gasteiger partial charge in [0.25, 0.3) is 0 Å². The van der Waals surface area contributed by atoms with Crippen molar-refractivity contribution in [2.24, 2.45) is 11.7 Å². The third-order valence-corrected chi connectivity index (χ3v) is 4.01. The van der Waals surface area contributed by atoms with Crippen molar-refractivity contribution in [2.75, 3.05) is 6.54 Å². The van der Waals surface area contributed by atoms with Crippen LogP contribution < -0.4 is 10.5 Å². The summed E-state index contributed by atoms with van der Waals surface area (Å²) in [5.74, 6) is 1.04. The van der Waals surface area contributed by atoms with Gasteiger partial charge in [-0.1, -0.05) is 12.1 Å². The lowest BCUT2D eigenvalue weighted by Crippen LogP contribution is -2.28. The Hall–Kier alpha value is -2.12. The van der Waals surface area contributed by atoms with E-state index in [0.29, 0.717) is 23.8 Å². The molecule has 1 aliphatic carbocycles. The Morgan fingerprint density at radius 3 is 3.00 bits per heavy atom. The van der Waals surface area contributed by atoms with Crippen molar-refractivity contribution >= 4 is 10.9 Å². The molecule has 1 aliphatic rings. The van der Waals surface area contributed by atoms with Gasteiger partial charge in [0, 0.05) is 17.5 Å². The van der Waals surface area contributed by atoms with Crippen molar-refractivity contribution in [1.82, 2.24) is 4.98 Å². The van der Waals surface area contributed by atoms with E-state index in [1.54, 1.807) is 6.20 Å². The van der Waals surface area contributed by atoms with Gasteiger partial charge in [0.15, 0.2) is 0 Å². The number of fused-ring (bicyclic) bond motifs is 1. The molecule has 3 rings (SSSR count). The number of hydrogen-bond acceptors (Lipinski definition) is 4. The Kier molecular flexibility index (Phi) is 3.53. The number of pyridine rings is 1. The average Bonchev–Trinajstić information content (AvgIpc) is 2.95. The van der Waals surface area contributed by atoms with E-state index < -0.39 is 0 Å². The molecule has 0 saturated heterocycles. The molecule has 0 radical (unpaired) electrons. The topological polar surface area (TPSA) is 71.9 Å².